The van der Waals surface area contributed by atoms with Crippen LogP contribution in [0.5, 0.6) is 5.75 Å². The van der Waals surface area contributed by atoms with Crippen LogP contribution in [0.2, 0.25) is 0 Å². The summed E-state index contributed by atoms with van der Waals surface area (Å²) in [5.74, 6) is 1.42. The minimum absolute atomic E-state index is 0. The number of aliphatic imine (C=N–C) groups is 1. The summed E-state index contributed by atoms with van der Waals surface area (Å²) in [4.78, 5) is 4.56. The molecular formula is C17H31IN4O3S. The first-order valence-electron chi connectivity index (χ1n) is 8.21. The quantitative estimate of drug-likeness (QED) is 0.290. The summed E-state index contributed by atoms with van der Waals surface area (Å²) in [7, 11) is -1.63. The Labute approximate surface area is 174 Å². The fourth-order valence-corrected chi connectivity index (χ4v) is 3.41. The van der Waals surface area contributed by atoms with Crippen molar-refractivity contribution in [2.45, 2.75) is 39.8 Å². The Balaban J connectivity index is 0.00000625. The Bertz CT molecular complexity index is 706. The summed E-state index contributed by atoms with van der Waals surface area (Å²) in [6.07, 6.45) is 1.15. The zero-order chi connectivity index (χ0) is 19.1. The summed E-state index contributed by atoms with van der Waals surface area (Å²) < 4.78 is 30.9. The van der Waals surface area contributed by atoms with E-state index in [1.54, 1.807) is 7.11 Å². The van der Waals surface area contributed by atoms with Crippen molar-refractivity contribution in [1.29, 1.82) is 0 Å². The number of hydrogen-bond acceptors (Lipinski definition) is 4. The minimum atomic E-state index is -3.28. The van der Waals surface area contributed by atoms with Gasteiger partial charge in [0.05, 0.1) is 19.9 Å². The summed E-state index contributed by atoms with van der Waals surface area (Å²) >= 11 is 0. The standard InChI is InChI=1S/C17H30N4O3S.HI/c1-7-18-16(20-12-17(3,4)21-25(6,22)23)19-11-14-9-8-13(2)10-15(14)24-5;/h8-10,21H,7,11-12H2,1-6H3,(H2,18,19,20);1H. The van der Waals surface area contributed by atoms with Crippen LogP contribution in [0.25, 0.3) is 0 Å². The lowest BCUT2D eigenvalue weighted by atomic mass is 10.1. The third-order valence-electron chi connectivity index (χ3n) is 3.35. The van der Waals surface area contributed by atoms with Gasteiger partial charge in [-0.25, -0.2) is 18.1 Å². The second-order valence-corrected chi connectivity index (χ2v) is 8.37. The van der Waals surface area contributed by atoms with E-state index in [2.05, 4.69) is 20.3 Å². The fourth-order valence-electron chi connectivity index (χ4n) is 2.33. The predicted molar refractivity (Wildman–Crippen MR) is 118 cm³/mol. The molecule has 7 nitrogen and oxygen atoms in total. The first kappa shape index (κ1) is 24.9. The zero-order valence-corrected chi connectivity index (χ0v) is 19.5. The number of rotatable bonds is 8. The van der Waals surface area contributed by atoms with Gasteiger partial charge in [0.2, 0.25) is 10.0 Å². The Hall–Kier alpha value is -1.07. The van der Waals surface area contributed by atoms with Crippen molar-refractivity contribution < 1.29 is 13.2 Å². The molecule has 0 aliphatic heterocycles. The van der Waals surface area contributed by atoms with Crippen LogP contribution in [0.4, 0.5) is 0 Å². The number of nitrogens with one attached hydrogen (secondary N) is 3. The fraction of sp³-hybridized carbons (Fsp3) is 0.588. The van der Waals surface area contributed by atoms with Gasteiger partial charge in [0, 0.05) is 24.2 Å². The molecule has 0 aliphatic carbocycles. The van der Waals surface area contributed by atoms with Crippen molar-refractivity contribution in [3.63, 3.8) is 0 Å². The Morgan fingerprint density at radius 1 is 1.27 bits per heavy atom. The maximum atomic E-state index is 11.4. The molecule has 0 spiro atoms. The van der Waals surface area contributed by atoms with Crippen LogP contribution < -0.4 is 20.1 Å². The van der Waals surface area contributed by atoms with E-state index in [1.165, 1.54) is 0 Å². The second kappa shape index (κ2) is 10.9. The first-order valence-corrected chi connectivity index (χ1v) is 10.1. The molecule has 9 heteroatoms. The highest BCUT2D eigenvalue weighted by Crippen LogP contribution is 2.20. The van der Waals surface area contributed by atoms with Gasteiger partial charge in [0.15, 0.2) is 5.96 Å². The molecule has 1 rings (SSSR count). The monoisotopic (exact) mass is 498 g/mol. The Kier molecular flexibility index (Phi) is 10.5. The van der Waals surface area contributed by atoms with E-state index in [0.29, 0.717) is 25.6 Å². The van der Waals surface area contributed by atoms with Gasteiger partial charge in [-0.2, -0.15) is 0 Å². The van der Waals surface area contributed by atoms with Gasteiger partial charge < -0.3 is 15.4 Å². The number of sulfonamides is 1. The maximum Gasteiger partial charge on any atom is 0.209 e. The van der Waals surface area contributed by atoms with Crippen LogP contribution in [-0.2, 0) is 16.6 Å². The molecule has 0 unspecified atom stereocenters. The molecule has 0 saturated heterocycles. The Morgan fingerprint density at radius 2 is 1.92 bits per heavy atom. The van der Waals surface area contributed by atoms with Crippen molar-refractivity contribution in [3.8, 4) is 5.75 Å². The number of benzene rings is 1. The lowest BCUT2D eigenvalue weighted by Crippen LogP contribution is -2.53. The van der Waals surface area contributed by atoms with Crippen molar-refractivity contribution in [2.24, 2.45) is 4.99 Å². The van der Waals surface area contributed by atoms with Crippen LogP contribution in [0, 0.1) is 6.92 Å². The van der Waals surface area contributed by atoms with Crippen LogP contribution >= 0.6 is 24.0 Å². The number of aryl methyl sites for hydroxylation is 1. The number of ether oxygens (including phenoxy) is 1. The van der Waals surface area contributed by atoms with E-state index >= 15 is 0 Å². The lowest BCUT2D eigenvalue weighted by Gasteiger charge is -2.26. The molecule has 3 N–H and O–H groups in total. The van der Waals surface area contributed by atoms with Crippen LogP contribution in [0.1, 0.15) is 31.9 Å². The molecule has 0 radical (unpaired) electrons. The molecule has 1 aromatic carbocycles. The molecule has 26 heavy (non-hydrogen) atoms. The average Bonchev–Trinajstić information content (AvgIpc) is 2.48. The van der Waals surface area contributed by atoms with E-state index < -0.39 is 15.6 Å². The van der Waals surface area contributed by atoms with Gasteiger partial charge in [-0.05, 0) is 39.3 Å². The lowest BCUT2D eigenvalue weighted by molar-refractivity contribution is 0.409. The second-order valence-electron chi connectivity index (χ2n) is 6.62. The molecule has 0 fully saturated rings. The van der Waals surface area contributed by atoms with Crippen molar-refractivity contribution in [2.75, 3.05) is 26.5 Å². The molecule has 0 amide bonds. The number of halogens is 1. The summed E-state index contributed by atoms with van der Waals surface area (Å²) in [6, 6.07) is 5.99. The number of guanidine groups is 1. The normalized spacial score (nSPS) is 12.3. The van der Waals surface area contributed by atoms with Gasteiger partial charge in [-0.1, -0.05) is 12.1 Å². The maximum absolute atomic E-state index is 11.4. The van der Waals surface area contributed by atoms with Gasteiger partial charge >= 0.3 is 0 Å². The molecule has 1 aromatic rings. The first-order chi connectivity index (χ1) is 11.6. The highest BCUT2D eigenvalue weighted by Gasteiger charge is 2.22. The Morgan fingerprint density at radius 3 is 2.46 bits per heavy atom. The number of methoxy groups -OCH3 is 1. The minimum Gasteiger partial charge on any atom is -0.496 e. The topological polar surface area (TPSA) is 91.8 Å². The van der Waals surface area contributed by atoms with E-state index in [-0.39, 0.29) is 24.0 Å². The predicted octanol–water partition coefficient (Wildman–Crippen LogP) is 2.00. The largest absolute Gasteiger partial charge is 0.496 e. The van der Waals surface area contributed by atoms with Crippen molar-refractivity contribution in [1.82, 2.24) is 15.4 Å². The van der Waals surface area contributed by atoms with Gasteiger partial charge in [0.25, 0.3) is 0 Å². The van der Waals surface area contributed by atoms with Gasteiger partial charge in [-0.3, -0.25) is 0 Å². The highest BCUT2D eigenvalue weighted by atomic mass is 127. The third kappa shape index (κ3) is 9.58. The van der Waals surface area contributed by atoms with E-state index in [4.69, 9.17) is 4.74 Å². The molecule has 0 aliphatic rings. The molecular weight excluding hydrogens is 467 g/mol. The molecule has 0 atom stereocenters. The highest BCUT2D eigenvalue weighted by molar-refractivity contribution is 14.0. The van der Waals surface area contributed by atoms with E-state index in [1.807, 2.05) is 45.9 Å². The SMILES string of the molecule is CCNC(=NCc1ccc(C)cc1OC)NCC(C)(C)NS(C)(=O)=O.I. The van der Waals surface area contributed by atoms with Crippen LogP contribution in [-0.4, -0.2) is 46.4 Å². The summed E-state index contributed by atoms with van der Waals surface area (Å²) in [5, 5.41) is 6.33. The molecule has 0 saturated carbocycles. The summed E-state index contributed by atoms with van der Waals surface area (Å²) in [6.45, 7) is 9.18. The van der Waals surface area contributed by atoms with Gasteiger partial charge in [0.1, 0.15) is 5.75 Å². The smallest absolute Gasteiger partial charge is 0.209 e. The average molecular weight is 498 g/mol. The van der Waals surface area contributed by atoms with E-state index in [0.717, 1.165) is 23.1 Å². The molecule has 150 valence electrons. The number of nitrogens with zero attached hydrogens (tertiary/aromatic N) is 1. The van der Waals surface area contributed by atoms with Gasteiger partial charge in [-0.15, -0.1) is 24.0 Å². The molecule has 0 heterocycles. The molecule has 0 bridgehead atoms. The van der Waals surface area contributed by atoms with Crippen LogP contribution in [0.15, 0.2) is 23.2 Å². The number of hydrogen-bond donors (Lipinski definition) is 3. The van der Waals surface area contributed by atoms with Crippen LogP contribution in [0.3, 0.4) is 0 Å². The molecule has 0 aromatic heterocycles. The van der Waals surface area contributed by atoms with Crippen molar-refractivity contribution in [3.05, 3.63) is 29.3 Å². The zero-order valence-electron chi connectivity index (χ0n) is 16.3. The summed E-state index contributed by atoms with van der Waals surface area (Å²) in [5.41, 5.74) is 1.48. The van der Waals surface area contributed by atoms with E-state index in [9.17, 15) is 8.42 Å². The third-order valence-corrected chi connectivity index (χ3v) is 4.28. The van der Waals surface area contributed by atoms with Crippen molar-refractivity contribution >= 4 is 40.0 Å².